The van der Waals surface area contributed by atoms with Gasteiger partial charge in [-0.05, 0) is 107 Å². The van der Waals surface area contributed by atoms with E-state index >= 15 is 0 Å². The van der Waals surface area contributed by atoms with E-state index in [-0.39, 0.29) is 11.5 Å². The van der Waals surface area contributed by atoms with Gasteiger partial charge in [-0.25, -0.2) is 0 Å². The fraction of sp³-hybridized carbons (Fsp3) is 0.786. The Morgan fingerprint density at radius 1 is 0.939 bits per heavy atom. The molecule has 0 spiro atoms. The van der Waals surface area contributed by atoms with Crippen molar-refractivity contribution in [2.75, 3.05) is 59.5 Å². The van der Waals surface area contributed by atoms with Crippen molar-refractivity contribution in [3.63, 3.8) is 0 Å². The van der Waals surface area contributed by atoms with Crippen molar-refractivity contribution in [2.45, 2.75) is 74.8 Å². The Balaban J connectivity index is 1.29. The maximum Gasteiger partial charge on any atom is 0.119 e. The molecule has 0 radical (unpaired) electrons. The van der Waals surface area contributed by atoms with Crippen LogP contribution < -0.4 is 4.74 Å². The molecule has 1 N–H and O–H groups in total. The zero-order valence-corrected chi connectivity index (χ0v) is 20.6. The average Bonchev–Trinajstić information content (AvgIpc) is 3.67. The molecule has 182 valence electrons. The molecule has 3 saturated heterocycles. The van der Waals surface area contributed by atoms with Gasteiger partial charge in [0.2, 0.25) is 0 Å². The standard InChI is InChI=1S/C28H43N3O2/c1-33-24-8-7-23-19-26-28(32)11-15-30(18-17-29-12-3-2-4-13-29)14-9-27(28,25(23)20-24)10-16-31(26)21-22-5-6-22/h7-8,20,22,26,32H,2-6,9-19,21H2,1H3. The highest BCUT2D eigenvalue weighted by atomic mass is 16.5. The molecule has 33 heavy (non-hydrogen) atoms. The van der Waals surface area contributed by atoms with Crippen LogP contribution in [0.4, 0.5) is 0 Å². The number of fused-ring (bicyclic) bond motifs is 1. The van der Waals surface area contributed by atoms with Crippen LogP contribution in [0.3, 0.4) is 0 Å². The summed E-state index contributed by atoms with van der Waals surface area (Å²) in [5, 5.41) is 12.7. The Morgan fingerprint density at radius 3 is 2.42 bits per heavy atom. The Morgan fingerprint density at radius 2 is 1.67 bits per heavy atom. The zero-order valence-electron chi connectivity index (χ0n) is 20.6. The molecule has 3 heterocycles. The number of hydrogen-bond acceptors (Lipinski definition) is 5. The van der Waals surface area contributed by atoms with E-state index in [2.05, 4.69) is 32.9 Å². The van der Waals surface area contributed by atoms with Crippen molar-refractivity contribution in [3.05, 3.63) is 29.3 Å². The fourth-order valence-corrected chi connectivity index (χ4v) is 7.72. The van der Waals surface area contributed by atoms with Crippen molar-refractivity contribution in [1.82, 2.24) is 14.7 Å². The molecule has 5 heteroatoms. The van der Waals surface area contributed by atoms with Gasteiger partial charge in [0.25, 0.3) is 0 Å². The summed E-state index contributed by atoms with van der Waals surface area (Å²) < 4.78 is 5.66. The quantitative estimate of drug-likeness (QED) is 0.716. The van der Waals surface area contributed by atoms with Crippen molar-refractivity contribution in [1.29, 1.82) is 0 Å². The summed E-state index contributed by atoms with van der Waals surface area (Å²) in [6.07, 6.45) is 10.9. The van der Waals surface area contributed by atoms with E-state index in [9.17, 15) is 5.11 Å². The van der Waals surface area contributed by atoms with Crippen LogP contribution in [0.15, 0.2) is 18.2 Å². The van der Waals surface area contributed by atoms with E-state index < -0.39 is 5.60 Å². The first-order valence-electron chi connectivity index (χ1n) is 13.7. The molecular formula is C28H43N3O2. The number of benzene rings is 1. The summed E-state index contributed by atoms with van der Waals surface area (Å²) in [5.41, 5.74) is 2.07. The van der Waals surface area contributed by atoms with Crippen LogP contribution in [0, 0.1) is 5.92 Å². The highest BCUT2D eigenvalue weighted by molar-refractivity contribution is 5.48. The molecule has 1 aromatic rings. The second-order valence-electron chi connectivity index (χ2n) is 11.7. The van der Waals surface area contributed by atoms with E-state index in [0.29, 0.717) is 0 Å². The lowest BCUT2D eigenvalue weighted by Crippen LogP contribution is -2.71. The summed E-state index contributed by atoms with van der Waals surface area (Å²) in [7, 11) is 1.77. The molecule has 3 aliphatic heterocycles. The Labute approximate surface area is 200 Å². The van der Waals surface area contributed by atoms with Gasteiger partial charge in [-0.2, -0.15) is 0 Å². The third-order valence-electron chi connectivity index (χ3n) is 9.93. The Hall–Kier alpha value is -1.14. The van der Waals surface area contributed by atoms with E-state index in [0.717, 1.165) is 63.5 Å². The number of likely N-dealkylation sites (tertiary alicyclic amines) is 3. The number of methoxy groups -OCH3 is 1. The van der Waals surface area contributed by atoms with Gasteiger partial charge in [0.05, 0.1) is 12.7 Å². The highest BCUT2D eigenvalue weighted by Crippen LogP contribution is 2.56. The molecule has 1 aromatic carbocycles. The lowest BCUT2D eigenvalue weighted by Gasteiger charge is -2.61. The molecule has 5 aliphatic rings. The first-order chi connectivity index (χ1) is 16.1. The van der Waals surface area contributed by atoms with Crippen LogP contribution in [0.25, 0.3) is 0 Å². The van der Waals surface area contributed by atoms with E-state index in [1.807, 2.05) is 0 Å². The number of aliphatic hydroxyl groups is 1. The maximum absolute atomic E-state index is 12.7. The fourth-order valence-electron chi connectivity index (χ4n) is 7.72. The SMILES string of the molecule is COc1ccc2c(c1)C13CCN(CCN4CCCCC4)CCC1(O)C(C2)N(CC1CC1)CC3. The lowest BCUT2D eigenvalue weighted by atomic mass is 9.52. The van der Waals surface area contributed by atoms with E-state index in [1.165, 1.54) is 69.4 Å². The van der Waals surface area contributed by atoms with Crippen LogP contribution in [0.2, 0.25) is 0 Å². The van der Waals surface area contributed by atoms with Crippen LogP contribution in [-0.4, -0.2) is 90.9 Å². The summed E-state index contributed by atoms with van der Waals surface area (Å²) in [5.74, 6) is 1.81. The van der Waals surface area contributed by atoms with Gasteiger partial charge < -0.3 is 19.6 Å². The monoisotopic (exact) mass is 453 g/mol. The van der Waals surface area contributed by atoms with Gasteiger partial charge in [-0.1, -0.05) is 12.5 Å². The van der Waals surface area contributed by atoms with Crippen molar-refractivity contribution < 1.29 is 9.84 Å². The van der Waals surface area contributed by atoms with Gasteiger partial charge in [0.15, 0.2) is 0 Å². The lowest BCUT2D eigenvalue weighted by molar-refractivity contribution is -0.149. The van der Waals surface area contributed by atoms with Gasteiger partial charge in [0.1, 0.15) is 5.75 Å². The van der Waals surface area contributed by atoms with E-state index in [4.69, 9.17) is 4.74 Å². The number of nitrogens with zero attached hydrogens (tertiary/aromatic N) is 3. The predicted molar refractivity (Wildman–Crippen MR) is 132 cm³/mol. The molecule has 6 rings (SSSR count). The third kappa shape index (κ3) is 3.93. The molecule has 0 aromatic heterocycles. The largest absolute Gasteiger partial charge is 0.497 e. The zero-order chi connectivity index (χ0) is 22.5. The van der Waals surface area contributed by atoms with Crippen LogP contribution in [-0.2, 0) is 11.8 Å². The average molecular weight is 454 g/mol. The Kier molecular flexibility index (Phi) is 5.97. The minimum Gasteiger partial charge on any atom is -0.497 e. The van der Waals surface area contributed by atoms with Gasteiger partial charge >= 0.3 is 0 Å². The topological polar surface area (TPSA) is 39.2 Å². The molecule has 5 nitrogen and oxygen atoms in total. The van der Waals surface area contributed by atoms with Crippen LogP contribution >= 0.6 is 0 Å². The summed E-state index contributed by atoms with van der Waals surface area (Å²) in [6.45, 7) is 9.32. The second kappa shape index (κ2) is 8.82. The summed E-state index contributed by atoms with van der Waals surface area (Å²) in [6, 6.07) is 6.95. The normalized spacial score (nSPS) is 35.5. The summed E-state index contributed by atoms with van der Waals surface area (Å²) >= 11 is 0. The number of rotatable bonds is 6. The molecule has 0 amide bonds. The Bertz CT molecular complexity index is 852. The van der Waals surface area contributed by atoms with Gasteiger partial charge in [0, 0.05) is 37.6 Å². The maximum atomic E-state index is 12.7. The molecular weight excluding hydrogens is 410 g/mol. The number of hydrogen-bond donors (Lipinski definition) is 1. The number of piperidine rings is 2. The number of ether oxygens (including phenoxy) is 1. The molecule has 3 atom stereocenters. The van der Waals surface area contributed by atoms with Crippen molar-refractivity contribution in [2.24, 2.45) is 5.92 Å². The first kappa shape index (κ1) is 22.3. The van der Waals surface area contributed by atoms with Crippen LogP contribution in [0.5, 0.6) is 5.75 Å². The first-order valence-corrected chi connectivity index (χ1v) is 13.7. The summed E-state index contributed by atoms with van der Waals surface area (Å²) in [4.78, 5) is 8.01. The van der Waals surface area contributed by atoms with Crippen LogP contribution in [0.1, 0.15) is 62.5 Å². The molecule has 2 aliphatic carbocycles. The highest BCUT2D eigenvalue weighted by Gasteiger charge is 2.63. The second-order valence-corrected chi connectivity index (χ2v) is 11.7. The molecule has 1 saturated carbocycles. The minimum atomic E-state index is -0.640. The van der Waals surface area contributed by atoms with E-state index in [1.54, 1.807) is 7.11 Å². The van der Waals surface area contributed by atoms with Crippen molar-refractivity contribution in [3.8, 4) is 5.75 Å². The predicted octanol–water partition coefficient (Wildman–Crippen LogP) is 3.29. The van der Waals surface area contributed by atoms with Gasteiger partial charge in [-0.15, -0.1) is 0 Å². The van der Waals surface area contributed by atoms with Gasteiger partial charge in [-0.3, -0.25) is 4.90 Å². The third-order valence-corrected chi connectivity index (χ3v) is 9.93. The minimum absolute atomic E-state index is 0.139. The molecule has 2 bridgehead atoms. The smallest absolute Gasteiger partial charge is 0.119 e. The molecule has 4 fully saturated rings. The molecule has 3 unspecified atom stereocenters. The van der Waals surface area contributed by atoms with Crippen molar-refractivity contribution >= 4 is 0 Å².